The van der Waals surface area contributed by atoms with E-state index in [1.807, 2.05) is 4.90 Å². The van der Waals surface area contributed by atoms with E-state index in [1.165, 1.54) is 34.9 Å². The van der Waals surface area contributed by atoms with Crippen LogP contribution in [0, 0.1) is 0 Å². The summed E-state index contributed by atoms with van der Waals surface area (Å²) in [4.78, 5) is 31.3. The molecule has 0 bridgehead atoms. The third-order valence-electron chi connectivity index (χ3n) is 5.75. The molecule has 3 heterocycles. The van der Waals surface area contributed by atoms with Crippen LogP contribution in [0.15, 0.2) is 47.6 Å². The van der Waals surface area contributed by atoms with E-state index >= 15 is 0 Å². The molecule has 0 aliphatic carbocycles. The minimum atomic E-state index is -3.72. The maximum absolute atomic E-state index is 13.2. The first-order chi connectivity index (χ1) is 16.0. The summed E-state index contributed by atoms with van der Waals surface area (Å²) in [6.45, 7) is 3.10. The summed E-state index contributed by atoms with van der Waals surface area (Å²) in [5.41, 5.74) is 5.88. The molecule has 2 amide bonds. The number of anilines is 1. The minimum Gasteiger partial charge on any atom is -0.378 e. The number of pyridine rings is 1. The molecule has 2 aliphatic heterocycles. The standard InChI is InChI=1S/C22H27N5O5S/c28-21(17-6-8-23-9-7-17)24-25-22(29)19-16-18(33(30,31)27-10-2-1-3-11-27)4-5-20(19)26-12-14-32-15-13-26/h4-9,16H,1-3,10-15H2,(H,24,28)(H,25,29). The molecular weight excluding hydrogens is 446 g/mol. The number of piperidine rings is 1. The summed E-state index contributed by atoms with van der Waals surface area (Å²) in [5.74, 6) is -1.11. The first kappa shape index (κ1) is 23.1. The van der Waals surface area contributed by atoms with Crippen LogP contribution in [-0.4, -0.2) is 68.9 Å². The molecule has 0 atom stereocenters. The average molecular weight is 474 g/mol. The Kier molecular flexibility index (Phi) is 7.21. The highest BCUT2D eigenvalue weighted by molar-refractivity contribution is 7.89. The lowest BCUT2D eigenvalue weighted by Crippen LogP contribution is -2.43. The van der Waals surface area contributed by atoms with Gasteiger partial charge in [0.25, 0.3) is 11.8 Å². The summed E-state index contributed by atoms with van der Waals surface area (Å²) in [6.07, 6.45) is 5.59. The Morgan fingerprint density at radius 1 is 0.879 bits per heavy atom. The van der Waals surface area contributed by atoms with Crippen LogP contribution in [0.4, 0.5) is 5.69 Å². The number of ether oxygens (including phenoxy) is 1. The Morgan fingerprint density at radius 2 is 1.55 bits per heavy atom. The van der Waals surface area contributed by atoms with Gasteiger partial charge in [-0.1, -0.05) is 6.42 Å². The van der Waals surface area contributed by atoms with E-state index in [4.69, 9.17) is 4.74 Å². The Balaban J connectivity index is 1.60. The van der Waals surface area contributed by atoms with E-state index in [-0.39, 0.29) is 10.5 Å². The minimum absolute atomic E-state index is 0.0621. The van der Waals surface area contributed by atoms with Gasteiger partial charge in [-0.15, -0.1) is 0 Å². The largest absolute Gasteiger partial charge is 0.378 e. The number of nitrogens with zero attached hydrogens (tertiary/aromatic N) is 3. The fourth-order valence-electron chi connectivity index (χ4n) is 3.95. The number of morpholine rings is 1. The number of carbonyl (C=O) groups excluding carboxylic acids is 2. The molecule has 1 aromatic carbocycles. The van der Waals surface area contributed by atoms with Gasteiger partial charge in [0.1, 0.15) is 0 Å². The number of carbonyl (C=O) groups is 2. The van der Waals surface area contributed by atoms with Gasteiger partial charge in [-0.2, -0.15) is 4.31 Å². The average Bonchev–Trinajstić information content (AvgIpc) is 2.88. The van der Waals surface area contributed by atoms with Gasteiger partial charge in [0, 0.05) is 49.8 Å². The molecule has 0 unspecified atom stereocenters. The van der Waals surface area contributed by atoms with Crippen molar-refractivity contribution in [1.82, 2.24) is 20.1 Å². The molecule has 2 fully saturated rings. The summed E-state index contributed by atoms with van der Waals surface area (Å²) in [6, 6.07) is 7.63. The molecule has 2 saturated heterocycles. The van der Waals surface area contributed by atoms with Gasteiger partial charge < -0.3 is 9.64 Å². The summed E-state index contributed by atoms with van der Waals surface area (Å²) < 4.78 is 33.2. The van der Waals surface area contributed by atoms with Gasteiger partial charge in [0.05, 0.1) is 23.7 Å². The second-order valence-corrected chi connectivity index (χ2v) is 9.83. The van der Waals surface area contributed by atoms with Crippen molar-refractivity contribution in [2.75, 3.05) is 44.3 Å². The molecule has 2 N–H and O–H groups in total. The second kappa shape index (κ2) is 10.3. The normalized spacial score (nSPS) is 17.4. The van der Waals surface area contributed by atoms with Crippen LogP contribution in [0.3, 0.4) is 0 Å². The van der Waals surface area contributed by atoms with Gasteiger partial charge in [-0.25, -0.2) is 8.42 Å². The van der Waals surface area contributed by atoms with Crippen molar-refractivity contribution >= 4 is 27.5 Å². The van der Waals surface area contributed by atoms with E-state index in [2.05, 4.69) is 15.8 Å². The maximum atomic E-state index is 13.2. The quantitative estimate of drug-likeness (QED) is 0.625. The second-order valence-electron chi connectivity index (χ2n) is 7.89. The SMILES string of the molecule is O=C(NNC(=O)c1cc(S(=O)(=O)N2CCCCC2)ccc1N1CCOCC1)c1ccncc1. The van der Waals surface area contributed by atoms with Crippen molar-refractivity contribution in [2.24, 2.45) is 0 Å². The predicted molar refractivity (Wildman–Crippen MR) is 121 cm³/mol. The highest BCUT2D eigenvalue weighted by Gasteiger charge is 2.28. The first-order valence-corrected chi connectivity index (χ1v) is 12.4. The zero-order chi connectivity index (χ0) is 23.3. The fourth-order valence-corrected chi connectivity index (χ4v) is 5.49. The molecule has 4 rings (SSSR count). The summed E-state index contributed by atoms with van der Waals surface area (Å²) in [5, 5.41) is 0. The molecular formula is C22H27N5O5S. The van der Waals surface area contributed by atoms with E-state index in [0.29, 0.717) is 50.6 Å². The van der Waals surface area contributed by atoms with Gasteiger partial charge in [-0.3, -0.25) is 25.4 Å². The number of nitrogens with one attached hydrogen (secondary N) is 2. The lowest BCUT2D eigenvalue weighted by Gasteiger charge is -2.31. The Labute approximate surface area is 192 Å². The molecule has 1 aromatic heterocycles. The number of sulfonamides is 1. The number of hydrazine groups is 1. The molecule has 0 saturated carbocycles. The van der Waals surface area contributed by atoms with Crippen molar-refractivity contribution < 1.29 is 22.7 Å². The number of rotatable bonds is 5. The molecule has 2 aliphatic rings. The Hall–Kier alpha value is -3.02. The zero-order valence-corrected chi connectivity index (χ0v) is 19.0. The van der Waals surface area contributed by atoms with E-state index in [0.717, 1.165) is 19.3 Å². The van der Waals surface area contributed by atoms with Gasteiger partial charge >= 0.3 is 0 Å². The van der Waals surface area contributed by atoms with Crippen LogP contribution in [-0.2, 0) is 14.8 Å². The van der Waals surface area contributed by atoms with Crippen molar-refractivity contribution in [1.29, 1.82) is 0 Å². The van der Waals surface area contributed by atoms with Gasteiger partial charge in [0.15, 0.2) is 0 Å². The number of amides is 2. The number of aromatic nitrogens is 1. The van der Waals surface area contributed by atoms with E-state index in [9.17, 15) is 18.0 Å². The highest BCUT2D eigenvalue weighted by atomic mass is 32.2. The third-order valence-corrected chi connectivity index (χ3v) is 7.64. The maximum Gasteiger partial charge on any atom is 0.271 e. The summed E-state index contributed by atoms with van der Waals surface area (Å²) >= 11 is 0. The lowest BCUT2D eigenvalue weighted by molar-refractivity contribution is 0.0846. The molecule has 10 nitrogen and oxygen atoms in total. The van der Waals surface area contributed by atoms with Crippen LogP contribution in [0.25, 0.3) is 0 Å². The molecule has 0 spiro atoms. The molecule has 176 valence electrons. The number of hydrogen-bond donors (Lipinski definition) is 2. The van der Waals surface area contributed by atoms with Crippen LogP contribution in [0.2, 0.25) is 0 Å². The molecule has 2 aromatic rings. The third kappa shape index (κ3) is 5.32. The topological polar surface area (TPSA) is 121 Å². The molecule has 33 heavy (non-hydrogen) atoms. The predicted octanol–water partition coefficient (Wildman–Crippen LogP) is 1.17. The van der Waals surface area contributed by atoms with Crippen LogP contribution in [0.5, 0.6) is 0 Å². The monoisotopic (exact) mass is 473 g/mol. The number of hydrogen-bond acceptors (Lipinski definition) is 7. The lowest BCUT2D eigenvalue weighted by atomic mass is 10.1. The molecule has 0 radical (unpaired) electrons. The Morgan fingerprint density at radius 3 is 2.24 bits per heavy atom. The van der Waals surface area contributed by atoms with E-state index in [1.54, 1.807) is 12.1 Å². The number of benzene rings is 1. The smallest absolute Gasteiger partial charge is 0.271 e. The van der Waals surface area contributed by atoms with Crippen LogP contribution < -0.4 is 15.8 Å². The first-order valence-electron chi connectivity index (χ1n) is 10.9. The van der Waals surface area contributed by atoms with Crippen molar-refractivity contribution in [3.05, 3.63) is 53.9 Å². The van der Waals surface area contributed by atoms with Crippen molar-refractivity contribution in [3.8, 4) is 0 Å². The molecule has 11 heteroatoms. The van der Waals surface area contributed by atoms with Gasteiger partial charge in [0.2, 0.25) is 10.0 Å². The van der Waals surface area contributed by atoms with Crippen LogP contribution in [0.1, 0.15) is 40.0 Å². The van der Waals surface area contributed by atoms with Gasteiger partial charge in [-0.05, 0) is 43.2 Å². The summed E-state index contributed by atoms with van der Waals surface area (Å²) in [7, 11) is -3.72. The highest BCUT2D eigenvalue weighted by Crippen LogP contribution is 2.28. The Bertz CT molecular complexity index is 1100. The van der Waals surface area contributed by atoms with Crippen molar-refractivity contribution in [2.45, 2.75) is 24.2 Å². The van der Waals surface area contributed by atoms with Crippen molar-refractivity contribution in [3.63, 3.8) is 0 Å². The van der Waals surface area contributed by atoms with Crippen LogP contribution >= 0.6 is 0 Å². The fraction of sp³-hybridized carbons (Fsp3) is 0.409. The zero-order valence-electron chi connectivity index (χ0n) is 18.2. The van der Waals surface area contributed by atoms with E-state index < -0.39 is 21.8 Å².